The van der Waals surface area contributed by atoms with Crippen LogP contribution in [0.4, 0.5) is 10.5 Å². The van der Waals surface area contributed by atoms with Crippen LogP contribution in [0.1, 0.15) is 62.5 Å². The smallest absolute Gasteiger partial charge is 0.407 e. The van der Waals surface area contributed by atoms with Crippen LogP contribution in [-0.2, 0) is 0 Å². The van der Waals surface area contributed by atoms with E-state index in [9.17, 15) is 14.7 Å². The van der Waals surface area contributed by atoms with E-state index in [1.807, 2.05) is 52.0 Å². The molecule has 7 nitrogen and oxygen atoms in total. The number of anilines is 1. The zero-order valence-electron chi connectivity index (χ0n) is 18.9. The van der Waals surface area contributed by atoms with Gasteiger partial charge in [-0.15, -0.1) is 0 Å². The van der Waals surface area contributed by atoms with Gasteiger partial charge in [-0.2, -0.15) is 0 Å². The molecule has 1 heterocycles. The fraction of sp³-hybridized carbons (Fsp3) is 0.500. The van der Waals surface area contributed by atoms with Gasteiger partial charge >= 0.3 is 6.09 Å². The second-order valence-corrected chi connectivity index (χ2v) is 9.51. The molecule has 0 saturated heterocycles. The summed E-state index contributed by atoms with van der Waals surface area (Å²) in [7, 11) is 0. The van der Waals surface area contributed by atoms with Gasteiger partial charge in [-0.1, -0.05) is 18.2 Å². The van der Waals surface area contributed by atoms with Gasteiger partial charge in [0.2, 0.25) is 0 Å². The Labute approximate surface area is 184 Å². The first-order valence-electron chi connectivity index (χ1n) is 10.9. The number of carbonyl (C=O) groups is 2. The van der Waals surface area contributed by atoms with E-state index in [1.165, 1.54) is 0 Å². The number of nitrogens with zero attached hydrogens (tertiary/aromatic N) is 1. The number of primary amides is 1. The molecule has 168 valence electrons. The van der Waals surface area contributed by atoms with Crippen molar-refractivity contribution in [1.29, 1.82) is 0 Å². The molecular formula is C24H34N4O3. The molecule has 0 spiro atoms. The number of carbonyl (C=O) groups excluding carboxylic acids is 1. The first kappa shape index (κ1) is 22.7. The molecule has 0 radical (unpaired) electrons. The number of carboxylic acid groups (broad SMARTS) is 1. The van der Waals surface area contributed by atoms with Crippen molar-refractivity contribution >= 4 is 17.7 Å². The molecule has 1 aromatic carbocycles. The first-order valence-corrected chi connectivity index (χ1v) is 10.9. The second-order valence-electron chi connectivity index (χ2n) is 9.51. The molecule has 1 aliphatic carbocycles. The van der Waals surface area contributed by atoms with Gasteiger partial charge in [-0.05, 0) is 71.4 Å². The lowest BCUT2D eigenvalue weighted by molar-refractivity contribution is 0.0512. The molecular weight excluding hydrogens is 392 g/mol. The second kappa shape index (κ2) is 9.04. The fourth-order valence-electron chi connectivity index (χ4n) is 4.68. The van der Waals surface area contributed by atoms with Gasteiger partial charge in [0.05, 0.1) is 5.56 Å². The Kier molecular flexibility index (Phi) is 6.62. The zero-order chi connectivity index (χ0) is 22.8. The van der Waals surface area contributed by atoms with Gasteiger partial charge < -0.3 is 26.0 Å². The molecule has 2 amide bonds. The Morgan fingerprint density at radius 2 is 1.84 bits per heavy atom. The molecule has 1 saturated carbocycles. The molecule has 0 atom stereocenters. The molecule has 5 N–H and O–H groups in total. The summed E-state index contributed by atoms with van der Waals surface area (Å²) in [5.74, 6) is 0.0549. The number of H-pyrrole nitrogens is 1. The molecule has 0 aliphatic heterocycles. The number of rotatable bonds is 6. The molecule has 31 heavy (non-hydrogen) atoms. The Morgan fingerprint density at radius 1 is 1.19 bits per heavy atom. The van der Waals surface area contributed by atoms with Crippen molar-refractivity contribution in [3.8, 4) is 11.3 Å². The highest BCUT2D eigenvalue weighted by Crippen LogP contribution is 2.33. The van der Waals surface area contributed by atoms with Gasteiger partial charge in [0.25, 0.3) is 5.91 Å². The predicted molar refractivity (Wildman–Crippen MR) is 123 cm³/mol. The first-order chi connectivity index (χ1) is 14.6. The molecule has 1 aliphatic rings. The summed E-state index contributed by atoms with van der Waals surface area (Å²) in [6.45, 7) is 8.54. The zero-order valence-corrected chi connectivity index (χ0v) is 18.9. The number of para-hydroxylation sites is 1. The van der Waals surface area contributed by atoms with Crippen LogP contribution in [0.15, 0.2) is 30.3 Å². The molecule has 3 rings (SSSR count). The number of aromatic amines is 1. The lowest BCUT2D eigenvalue weighted by Gasteiger charge is -2.42. The maximum Gasteiger partial charge on any atom is 0.407 e. The van der Waals surface area contributed by atoms with Gasteiger partial charge in [0.15, 0.2) is 0 Å². The van der Waals surface area contributed by atoms with Crippen molar-refractivity contribution < 1.29 is 14.7 Å². The SMILES string of the molecule is Cc1[nH]c(-c2ccccc2NC[C@H]2CC[C@H](N(C(=O)O)C(C)(C)C)CC2)cc1C(N)=O. The van der Waals surface area contributed by atoms with Crippen LogP contribution in [0.2, 0.25) is 0 Å². The summed E-state index contributed by atoms with van der Waals surface area (Å²) in [4.78, 5) is 28.3. The quantitative estimate of drug-likeness (QED) is 0.529. The van der Waals surface area contributed by atoms with E-state index in [0.717, 1.165) is 54.9 Å². The van der Waals surface area contributed by atoms with Crippen molar-refractivity contribution in [3.63, 3.8) is 0 Å². The van der Waals surface area contributed by atoms with E-state index in [-0.39, 0.29) is 6.04 Å². The molecule has 1 aromatic heterocycles. The fourth-order valence-corrected chi connectivity index (χ4v) is 4.68. The highest BCUT2D eigenvalue weighted by molar-refractivity contribution is 5.96. The number of benzene rings is 1. The monoisotopic (exact) mass is 426 g/mol. The Morgan fingerprint density at radius 3 is 2.39 bits per heavy atom. The van der Waals surface area contributed by atoms with Crippen LogP contribution in [0.25, 0.3) is 11.3 Å². The van der Waals surface area contributed by atoms with E-state index in [1.54, 1.807) is 11.0 Å². The third-order valence-electron chi connectivity index (χ3n) is 6.19. The van der Waals surface area contributed by atoms with Gasteiger partial charge in [0.1, 0.15) is 0 Å². The van der Waals surface area contributed by atoms with E-state index < -0.39 is 17.5 Å². The van der Waals surface area contributed by atoms with Gasteiger partial charge in [0, 0.05) is 40.8 Å². The lowest BCUT2D eigenvalue weighted by atomic mass is 9.84. The molecule has 0 bridgehead atoms. The highest BCUT2D eigenvalue weighted by atomic mass is 16.4. The van der Waals surface area contributed by atoms with E-state index in [2.05, 4.69) is 10.3 Å². The predicted octanol–water partition coefficient (Wildman–Crippen LogP) is 4.84. The van der Waals surface area contributed by atoms with Crippen LogP contribution in [0, 0.1) is 12.8 Å². The van der Waals surface area contributed by atoms with E-state index >= 15 is 0 Å². The van der Waals surface area contributed by atoms with Crippen LogP contribution < -0.4 is 11.1 Å². The van der Waals surface area contributed by atoms with Crippen LogP contribution >= 0.6 is 0 Å². The average molecular weight is 427 g/mol. The highest BCUT2D eigenvalue weighted by Gasteiger charge is 2.35. The average Bonchev–Trinajstić information content (AvgIpc) is 3.08. The van der Waals surface area contributed by atoms with Crippen molar-refractivity contribution in [2.75, 3.05) is 11.9 Å². The van der Waals surface area contributed by atoms with Crippen LogP contribution in [0.3, 0.4) is 0 Å². The van der Waals surface area contributed by atoms with Crippen molar-refractivity contribution in [3.05, 3.63) is 41.6 Å². The van der Waals surface area contributed by atoms with Gasteiger partial charge in [-0.3, -0.25) is 4.79 Å². The third kappa shape index (κ3) is 5.21. The van der Waals surface area contributed by atoms with Crippen LogP contribution in [0.5, 0.6) is 0 Å². The van der Waals surface area contributed by atoms with E-state index in [4.69, 9.17) is 5.73 Å². The normalized spacial score (nSPS) is 19.1. The number of hydrogen-bond acceptors (Lipinski definition) is 3. The lowest BCUT2D eigenvalue weighted by Crippen LogP contribution is -2.52. The molecule has 0 unspecified atom stereocenters. The molecule has 7 heteroatoms. The standard InChI is InChI=1S/C24H34N4O3/c1-15-19(22(25)29)13-21(27-15)18-7-5-6-8-20(18)26-14-16-9-11-17(12-10-16)28(23(30)31)24(2,3)4/h5-8,13,16-17,26-27H,9-12,14H2,1-4H3,(H2,25,29)(H,30,31)/t16-,17-. The van der Waals surface area contributed by atoms with E-state index in [0.29, 0.717) is 11.5 Å². The van der Waals surface area contributed by atoms with Crippen molar-refractivity contribution in [1.82, 2.24) is 9.88 Å². The minimum absolute atomic E-state index is 0.0788. The van der Waals surface area contributed by atoms with Crippen molar-refractivity contribution in [2.45, 2.75) is 65.0 Å². The Hall–Kier alpha value is -2.96. The number of aromatic nitrogens is 1. The summed E-state index contributed by atoms with van der Waals surface area (Å²) >= 11 is 0. The summed E-state index contributed by atoms with van der Waals surface area (Å²) in [6.07, 6.45) is 2.92. The Balaban J connectivity index is 1.64. The summed E-state index contributed by atoms with van der Waals surface area (Å²) in [5, 5.41) is 13.2. The minimum atomic E-state index is -0.834. The van der Waals surface area contributed by atoms with Crippen LogP contribution in [-0.4, -0.2) is 45.1 Å². The summed E-state index contributed by atoms with van der Waals surface area (Å²) in [6, 6.07) is 9.89. The maximum atomic E-state index is 11.8. The maximum absolute atomic E-state index is 11.8. The number of amides is 2. The minimum Gasteiger partial charge on any atom is -0.465 e. The molecule has 1 fully saturated rings. The molecule has 2 aromatic rings. The number of hydrogen-bond donors (Lipinski definition) is 4. The summed E-state index contributed by atoms with van der Waals surface area (Å²) < 4.78 is 0. The topological polar surface area (TPSA) is 111 Å². The number of nitrogens with two attached hydrogens (primary N) is 1. The number of aryl methyl sites for hydroxylation is 1. The van der Waals surface area contributed by atoms with Gasteiger partial charge in [-0.25, -0.2) is 4.79 Å². The third-order valence-corrected chi connectivity index (χ3v) is 6.19. The largest absolute Gasteiger partial charge is 0.465 e. The Bertz CT molecular complexity index is 937. The number of nitrogens with one attached hydrogen (secondary N) is 2. The summed E-state index contributed by atoms with van der Waals surface area (Å²) in [5.41, 5.74) is 9.20. The van der Waals surface area contributed by atoms with Crippen molar-refractivity contribution in [2.24, 2.45) is 11.7 Å².